The fraction of sp³-hybridized carbons (Fsp3) is 0.222. The Hall–Kier alpha value is -2.11. The summed E-state index contributed by atoms with van der Waals surface area (Å²) in [6.45, 7) is 3.84. The van der Waals surface area contributed by atoms with E-state index in [1.807, 2.05) is 13.8 Å². The van der Waals surface area contributed by atoms with Crippen LogP contribution in [0.15, 0.2) is 47.5 Å². The van der Waals surface area contributed by atoms with Crippen LogP contribution in [-0.4, -0.2) is 11.6 Å². The number of hydrogen-bond donors (Lipinski definition) is 2. The van der Waals surface area contributed by atoms with E-state index in [-0.39, 0.29) is 34.7 Å². The molecule has 0 radical (unpaired) electrons. The van der Waals surface area contributed by atoms with Crippen molar-refractivity contribution in [1.82, 2.24) is 5.43 Å². The molecule has 25 heavy (non-hydrogen) atoms. The molecule has 0 heterocycles. The van der Waals surface area contributed by atoms with Gasteiger partial charge in [0.15, 0.2) is 11.6 Å². The van der Waals surface area contributed by atoms with E-state index >= 15 is 0 Å². The monoisotopic (exact) mass is 381 g/mol. The molecule has 2 N–H and O–H groups in total. The molecule has 0 saturated heterocycles. The van der Waals surface area contributed by atoms with Gasteiger partial charge >= 0.3 is 0 Å². The number of benzene rings is 2. The topological polar surface area (TPSA) is 53.5 Å². The van der Waals surface area contributed by atoms with Gasteiger partial charge in [0.25, 0.3) is 0 Å². The number of aliphatic imine (C=N–C) groups is 1. The zero-order chi connectivity index (χ0) is 18.4. The number of Topliss-reactive ketones (excluding diaryl/α,β-unsaturated/α-hetero) is 1. The molecule has 0 bridgehead atoms. The number of anilines is 1. The highest BCUT2D eigenvalue weighted by molar-refractivity contribution is 6.39. The highest BCUT2D eigenvalue weighted by atomic mass is 35.5. The Labute approximate surface area is 156 Å². The molecule has 7 heteroatoms. The molecular formula is C18H18Cl2FN3O. The van der Waals surface area contributed by atoms with Crippen molar-refractivity contribution in [2.24, 2.45) is 10.9 Å². The molecule has 132 valence electrons. The summed E-state index contributed by atoms with van der Waals surface area (Å²) in [4.78, 5) is 16.5. The van der Waals surface area contributed by atoms with Crippen LogP contribution in [0, 0.1) is 11.7 Å². The Bertz CT molecular complexity index is 794. The first-order valence-corrected chi connectivity index (χ1v) is 8.45. The average Bonchev–Trinajstić information content (AvgIpc) is 2.52. The highest BCUT2D eigenvalue weighted by Gasteiger charge is 2.15. The van der Waals surface area contributed by atoms with Crippen LogP contribution in [0.25, 0.3) is 0 Å². The lowest BCUT2D eigenvalue weighted by Gasteiger charge is -2.13. The molecule has 0 spiro atoms. The lowest BCUT2D eigenvalue weighted by Crippen LogP contribution is -2.36. The molecule has 0 atom stereocenters. The fourth-order valence-corrected chi connectivity index (χ4v) is 2.37. The number of halogens is 3. The van der Waals surface area contributed by atoms with Crippen molar-refractivity contribution in [1.29, 1.82) is 0 Å². The van der Waals surface area contributed by atoms with E-state index in [1.54, 1.807) is 24.3 Å². The zero-order valence-electron chi connectivity index (χ0n) is 13.8. The number of nitrogens with one attached hydrogen (secondary N) is 2. The summed E-state index contributed by atoms with van der Waals surface area (Å²) >= 11 is 11.7. The van der Waals surface area contributed by atoms with Crippen LogP contribution in [-0.2, 0) is 4.79 Å². The smallest absolute Gasteiger partial charge is 0.199 e. The minimum absolute atomic E-state index is 0.00916. The maximum Gasteiger partial charge on any atom is 0.199 e. The number of carbonyl (C=O) groups excluding carboxylic acids is 1. The van der Waals surface area contributed by atoms with E-state index in [1.165, 1.54) is 12.1 Å². The Kier molecular flexibility index (Phi) is 6.79. The molecule has 0 unspecified atom stereocenters. The average molecular weight is 382 g/mol. The van der Waals surface area contributed by atoms with Crippen LogP contribution in [0.2, 0.25) is 10.0 Å². The number of nitrogens with zero attached hydrogens (tertiary/aromatic N) is 1. The van der Waals surface area contributed by atoms with Gasteiger partial charge in [-0.15, -0.1) is 0 Å². The minimum atomic E-state index is -0.605. The van der Waals surface area contributed by atoms with Crippen molar-refractivity contribution in [3.8, 4) is 0 Å². The number of hydrazine groups is 1. The molecule has 2 rings (SSSR count). The van der Waals surface area contributed by atoms with Crippen molar-refractivity contribution in [3.05, 3.63) is 58.3 Å². The molecule has 0 saturated carbocycles. The molecule has 0 aliphatic carbocycles. The molecular weight excluding hydrogens is 364 g/mol. The van der Waals surface area contributed by atoms with E-state index in [2.05, 4.69) is 15.8 Å². The lowest BCUT2D eigenvalue weighted by molar-refractivity contribution is -0.113. The molecule has 4 nitrogen and oxygen atoms in total. The highest BCUT2D eigenvalue weighted by Crippen LogP contribution is 2.22. The van der Waals surface area contributed by atoms with E-state index in [0.29, 0.717) is 10.7 Å². The van der Waals surface area contributed by atoms with E-state index in [0.717, 1.165) is 6.07 Å². The molecule has 2 aromatic carbocycles. The summed E-state index contributed by atoms with van der Waals surface area (Å²) in [7, 11) is 0. The number of rotatable bonds is 6. The van der Waals surface area contributed by atoms with Gasteiger partial charge in [-0.2, -0.15) is 0 Å². The van der Waals surface area contributed by atoms with Crippen molar-refractivity contribution in [2.75, 3.05) is 5.43 Å². The predicted molar refractivity (Wildman–Crippen MR) is 101 cm³/mol. The van der Waals surface area contributed by atoms with Gasteiger partial charge in [0.1, 0.15) is 11.5 Å². The number of ketones is 1. The molecule has 0 fully saturated rings. The normalized spacial score (nSPS) is 11.5. The Balaban J connectivity index is 2.25. The maximum absolute atomic E-state index is 14.0. The van der Waals surface area contributed by atoms with E-state index in [4.69, 9.17) is 23.2 Å². The van der Waals surface area contributed by atoms with Crippen molar-refractivity contribution in [3.63, 3.8) is 0 Å². The third kappa shape index (κ3) is 6.03. The fourth-order valence-electron chi connectivity index (χ4n) is 2.02. The predicted octanol–water partition coefficient (Wildman–Crippen LogP) is 5.39. The van der Waals surface area contributed by atoms with E-state index < -0.39 is 5.82 Å². The van der Waals surface area contributed by atoms with Gasteiger partial charge in [0.05, 0.1) is 5.69 Å². The summed E-state index contributed by atoms with van der Waals surface area (Å²) in [5.74, 6) is -0.693. The number of carbonyl (C=O) groups is 1. The number of hydrogen-bond acceptors (Lipinski definition) is 3. The Morgan fingerprint density at radius 3 is 2.52 bits per heavy atom. The lowest BCUT2D eigenvalue weighted by atomic mass is 10.1. The zero-order valence-corrected chi connectivity index (χ0v) is 15.3. The number of amidine groups is 1. The van der Waals surface area contributed by atoms with Crippen molar-refractivity contribution < 1.29 is 9.18 Å². The summed E-state index contributed by atoms with van der Waals surface area (Å²) in [5, 5.41) is 0.805. The largest absolute Gasteiger partial charge is 0.299 e. The van der Waals surface area contributed by atoms with Crippen molar-refractivity contribution in [2.45, 2.75) is 20.3 Å². The SMILES string of the molecule is CC(C)CC(=O)/C(=N\c1ccc(Cl)cc1F)NNc1cccc(Cl)c1. The van der Waals surface area contributed by atoms with Crippen LogP contribution in [0.5, 0.6) is 0 Å². The first kappa shape index (κ1) is 19.2. The molecule has 0 amide bonds. The second-order valence-electron chi connectivity index (χ2n) is 5.84. The van der Waals surface area contributed by atoms with Gasteiger partial charge in [0, 0.05) is 16.5 Å². The summed E-state index contributed by atoms with van der Waals surface area (Å²) in [6.07, 6.45) is 0.276. The Morgan fingerprint density at radius 2 is 1.88 bits per heavy atom. The van der Waals surface area contributed by atoms with Crippen LogP contribution >= 0.6 is 23.2 Å². The van der Waals surface area contributed by atoms with Gasteiger partial charge < -0.3 is 0 Å². The molecule has 0 aromatic heterocycles. The quantitative estimate of drug-likeness (QED) is 0.400. The molecule has 2 aromatic rings. The first-order chi connectivity index (χ1) is 11.8. The minimum Gasteiger partial charge on any atom is -0.299 e. The maximum atomic E-state index is 14.0. The van der Waals surface area contributed by atoms with Gasteiger partial charge in [-0.05, 0) is 42.3 Å². The van der Waals surface area contributed by atoms with Crippen LogP contribution in [0.4, 0.5) is 15.8 Å². The van der Waals surface area contributed by atoms with Gasteiger partial charge in [-0.3, -0.25) is 15.6 Å². The first-order valence-electron chi connectivity index (χ1n) is 7.69. The second kappa shape index (κ2) is 8.83. The van der Waals surface area contributed by atoms with Gasteiger partial charge in [0.2, 0.25) is 0 Å². The molecule has 0 aliphatic heterocycles. The van der Waals surface area contributed by atoms with Crippen LogP contribution in [0.1, 0.15) is 20.3 Å². The van der Waals surface area contributed by atoms with Gasteiger partial charge in [-0.1, -0.05) is 43.1 Å². The van der Waals surface area contributed by atoms with Crippen molar-refractivity contribution >= 4 is 46.2 Å². The third-order valence-electron chi connectivity index (χ3n) is 3.15. The standard InChI is InChI=1S/C18H18Cl2FN3O/c1-11(2)8-17(25)18(22-16-7-6-13(20)10-15(16)21)24-23-14-5-3-4-12(19)9-14/h3-7,9-11,23H,8H2,1-2H3,(H,22,24). The summed E-state index contributed by atoms with van der Waals surface area (Å²) < 4.78 is 14.0. The van der Waals surface area contributed by atoms with E-state index in [9.17, 15) is 9.18 Å². The van der Waals surface area contributed by atoms with Crippen LogP contribution in [0.3, 0.4) is 0 Å². The second-order valence-corrected chi connectivity index (χ2v) is 6.71. The van der Waals surface area contributed by atoms with Crippen LogP contribution < -0.4 is 10.9 Å². The molecule has 0 aliphatic rings. The van der Waals surface area contributed by atoms with Gasteiger partial charge in [-0.25, -0.2) is 9.38 Å². The third-order valence-corrected chi connectivity index (χ3v) is 3.62. The summed E-state index contributed by atoms with van der Waals surface area (Å²) in [6, 6.07) is 11.0. The Morgan fingerprint density at radius 1 is 1.16 bits per heavy atom. The summed E-state index contributed by atoms with van der Waals surface area (Å²) in [5.41, 5.74) is 6.28.